The van der Waals surface area contributed by atoms with Gasteiger partial charge in [0.05, 0.1) is 13.3 Å². The summed E-state index contributed by atoms with van der Waals surface area (Å²) in [7, 11) is 1.49. The van der Waals surface area contributed by atoms with Crippen molar-refractivity contribution in [3.63, 3.8) is 0 Å². The summed E-state index contributed by atoms with van der Waals surface area (Å²) in [6.45, 7) is 0. The number of phenolic OH excluding ortho intramolecular Hbond substituents is 1. The molecule has 0 bridgehead atoms. The normalized spacial score (nSPS) is 27.2. The second-order valence-electron chi connectivity index (χ2n) is 5.77. The third kappa shape index (κ3) is 2.73. The van der Waals surface area contributed by atoms with Crippen molar-refractivity contribution >= 4 is 12.1 Å². The quantitative estimate of drug-likeness (QED) is 0.659. The van der Waals surface area contributed by atoms with Crippen molar-refractivity contribution < 1.29 is 14.6 Å². The second kappa shape index (κ2) is 5.76. The van der Waals surface area contributed by atoms with Crippen LogP contribution in [0, 0.1) is 17.8 Å². The van der Waals surface area contributed by atoms with Crippen LogP contribution in [0.3, 0.4) is 0 Å². The maximum Gasteiger partial charge on any atom is 0.243 e. The van der Waals surface area contributed by atoms with E-state index in [9.17, 15) is 9.90 Å². The van der Waals surface area contributed by atoms with Crippen molar-refractivity contribution in [3.8, 4) is 11.5 Å². The van der Waals surface area contributed by atoms with Gasteiger partial charge in [0.25, 0.3) is 0 Å². The van der Waals surface area contributed by atoms with Gasteiger partial charge >= 0.3 is 0 Å². The molecule has 0 spiro atoms. The number of phenols is 1. The van der Waals surface area contributed by atoms with Crippen LogP contribution in [-0.4, -0.2) is 24.3 Å². The molecule has 1 unspecified atom stereocenters. The number of carbonyl (C=O) groups excluding carboxylic acids is 1. The van der Waals surface area contributed by atoms with Gasteiger partial charge in [-0.3, -0.25) is 4.79 Å². The van der Waals surface area contributed by atoms with Gasteiger partial charge in [0, 0.05) is 11.5 Å². The van der Waals surface area contributed by atoms with Gasteiger partial charge in [0.15, 0.2) is 11.5 Å². The van der Waals surface area contributed by atoms with E-state index in [1.54, 1.807) is 18.2 Å². The Morgan fingerprint density at radius 3 is 2.76 bits per heavy atom. The highest BCUT2D eigenvalue weighted by Gasteiger charge is 2.54. The highest BCUT2D eigenvalue weighted by molar-refractivity contribution is 5.87. The van der Waals surface area contributed by atoms with E-state index in [2.05, 4.69) is 10.5 Å². The summed E-state index contributed by atoms with van der Waals surface area (Å²) in [5.74, 6) is 1.70. The van der Waals surface area contributed by atoms with Gasteiger partial charge in [-0.15, -0.1) is 0 Å². The fourth-order valence-electron chi connectivity index (χ4n) is 3.43. The maximum atomic E-state index is 12.1. The highest BCUT2D eigenvalue weighted by atomic mass is 16.5. The predicted molar refractivity (Wildman–Crippen MR) is 79.3 cm³/mol. The summed E-state index contributed by atoms with van der Waals surface area (Å²) < 4.78 is 5.03. The molecular formula is C16H20N2O3. The summed E-state index contributed by atoms with van der Waals surface area (Å²) in [5, 5.41) is 13.9. The van der Waals surface area contributed by atoms with Gasteiger partial charge in [-0.1, -0.05) is 18.9 Å². The Morgan fingerprint density at radius 1 is 1.38 bits per heavy atom. The number of benzene rings is 1. The largest absolute Gasteiger partial charge is 0.504 e. The fourth-order valence-corrected chi connectivity index (χ4v) is 3.43. The number of ether oxygens (including phenoxy) is 1. The molecule has 2 fully saturated rings. The maximum absolute atomic E-state index is 12.1. The van der Waals surface area contributed by atoms with Crippen molar-refractivity contribution in [2.24, 2.45) is 22.9 Å². The van der Waals surface area contributed by atoms with Gasteiger partial charge < -0.3 is 9.84 Å². The molecule has 5 heteroatoms. The van der Waals surface area contributed by atoms with E-state index in [1.807, 2.05) is 0 Å². The zero-order valence-corrected chi connectivity index (χ0v) is 12.1. The minimum absolute atomic E-state index is 0.00513. The third-order valence-corrected chi connectivity index (χ3v) is 4.59. The van der Waals surface area contributed by atoms with Gasteiger partial charge in [0.2, 0.25) is 5.91 Å². The number of hydrogen-bond acceptors (Lipinski definition) is 4. The molecule has 3 atom stereocenters. The first kappa shape index (κ1) is 13.9. The summed E-state index contributed by atoms with van der Waals surface area (Å²) >= 11 is 0. The first-order valence-electron chi connectivity index (χ1n) is 7.41. The number of hydrogen-bond donors (Lipinski definition) is 2. The SMILES string of the molecule is COc1cccc(/C=N\NC(=O)C2[C@H]3CCCC[C@@H]23)c1O. The van der Waals surface area contributed by atoms with Crippen LogP contribution in [0.1, 0.15) is 31.2 Å². The molecule has 0 saturated heterocycles. The summed E-state index contributed by atoms with van der Waals surface area (Å²) in [6, 6.07) is 5.14. The second-order valence-corrected chi connectivity index (χ2v) is 5.77. The van der Waals surface area contributed by atoms with Crippen LogP contribution >= 0.6 is 0 Å². The number of nitrogens with zero attached hydrogens (tertiary/aromatic N) is 1. The Labute approximate surface area is 124 Å². The zero-order valence-electron chi connectivity index (χ0n) is 12.1. The number of rotatable bonds is 4. The summed E-state index contributed by atoms with van der Waals surface area (Å²) in [6.07, 6.45) is 6.27. The predicted octanol–water partition coefficient (Wildman–Crippen LogP) is 2.29. The molecule has 1 amide bonds. The molecule has 2 N–H and O–H groups in total. The van der Waals surface area contributed by atoms with Gasteiger partial charge in [-0.05, 0) is 36.8 Å². The lowest BCUT2D eigenvalue weighted by Gasteiger charge is -2.04. The lowest BCUT2D eigenvalue weighted by Crippen LogP contribution is -2.20. The fraction of sp³-hybridized carbons (Fsp3) is 0.500. The molecule has 21 heavy (non-hydrogen) atoms. The molecule has 112 valence electrons. The van der Waals surface area contributed by atoms with Crippen LogP contribution in [-0.2, 0) is 4.79 Å². The molecule has 1 aromatic rings. The van der Waals surface area contributed by atoms with Crippen LogP contribution < -0.4 is 10.2 Å². The van der Waals surface area contributed by atoms with Crippen LogP contribution in [0.25, 0.3) is 0 Å². The monoisotopic (exact) mass is 288 g/mol. The molecular weight excluding hydrogens is 268 g/mol. The number of aromatic hydroxyl groups is 1. The van der Waals surface area contributed by atoms with Crippen LogP contribution in [0.4, 0.5) is 0 Å². The van der Waals surface area contributed by atoms with Crippen LogP contribution in [0.2, 0.25) is 0 Å². The minimum atomic E-state index is 0.00513. The topological polar surface area (TPSA) is 70.9 Å². The molecule has 2 aliphatic carbocycles. The number of carbonyl (C=O) groups is 1. The lowest BCUT2D eigenvalue weighted by atomic mass is 10.0. The van der Waals surface area contributed by atoms with Crippen molar-refractivity contribution in [1.82, 2.24) is 5.43 Å². The Morgan fingerprint density at radius 2 is 2.10 bits per heavy atom. The van der Waals surface area contributed by atoms with Crippen LogP contribution in [0.5, 0.6) is 11.5 Å². The first-order valence-corrected chi connectivity index (χ1v) is 7.41. The molecule has 0 heterocycles. The third-order valence-electron chi connectivity index (χ3n) is 4.59. The molecule has 2 saturated carbocycles. The number of hydrazone groups is 1. The number of nitrogens with one attached hydrogen (secondary N) is 1. The zero-order chi connectivity index (χ0) is 14.8. The Kier molecular flexibility index (Phi) is 3.82. The van der Waals surface area contributed by atoms with Crippen molar-refractivity contribution in [2.75, 3.05) is 7.11 Å². The van der Waals surface area contributed by atoms with Gasteiger partial charge in [-0.2, -0.15) is 5.10 Å². The molecule has 3 rings (SSSR count). The molecule has 1 aromatic carbocycles. The molecule has 0 aromatic heterocycles. The van der Waals surface area contributed by atoms with Gasteiger partial charge in [-0.25, -0.2) is 5.43 Å². The highest BCUT2D eigenvalue weighted by Crippen LogP contribution is 2.55. The van der Waals surface area contributed by atoms with E-state index in [1.165, 1.54) is 39.0 Å². The van der Waals surface area contributed by atoms with E-state index in [-0.39, 0.29) is 17.6 Å². The Bertz CT molecular complexity index is 559. The van der Waals surface area contributed by atoms with E-state index in [0.29, 0.717) is 23.1 Å². The Hall–Kier alpha value is -2.04. The smallest absolute Gasteiger partial charge is 0.243 e. The number of para-hydroxylation sites is 1. The first-order chi connectivity index (χ1) is 10.2. The average Bonchev–Trinajstić information content (AvgIpc) is 3.23. The van der Waals surface area contributed by atoms with Crippen molar-refractivity contribution in [1.29, 1.82) is 0 Å². The van der Waals surface area contributed by atoms with E-state index < -0.39 is 0 Å². The number of methoxy groups -OCH3 is 1. The van der Waals surface area contributed by atoms with Crippen molar-refractivity contribution in [3.05, 3.63) is 23.8 Å². The van der Waals surface area contributed by atoms with E-state index >= 15 is 0 Å². The lowest BCUT2D eigenvalue weighted by molar-refractivity contribution is -0.122. The van der Waals surface area contributed by atoms with E-state index in [0.717, 1.165) is 0 Å². The molecule has 5 nitrogen and oxygen atoms in total. The summed E-state index contributed by atoms with van der Waals surface area (Å²) in [5.41, 5.74) is 3.11. The molecule has 2 aliphatic rings. The standard InChI is InChI=1S/C16H20N2O3/c1-21-13-8-4-5-10(15(13)19)9-17-18-16(20)14-11-6-2-3-7-12(11)14/h4-5,8-9,11-12,14,19H,2-3,6-7H2,1H3,(H,18,20)/b17-9-/t11-,12+,14?. The average molecular weight is 288 g/mol. The van der Waals surface area contributed by atoms with Crippen LogP contribution in [0.15, 0.2) is 23.3 Å². The Balaban J connectivity index is 1.59. The van der Waals surface area contributed by atoms with E-state index in [4.69, 9.17) is 4.74 Å². The molecule has 0 aliphatic heterocycles. The number of amides is 1. The van der Waals surface area contributed by atoms with Gasteiger partial charge in [0.1, 0.15) is 0 Å². The summed E-state index contributed by atoms with van der Waals surface area (Å²) in [4.78, 5) is 12.1. The van der Waals surface area contributed by atoms with Crippen molar-refractivity contribution in [2.45, 2.75) is 25.7 Å². The number of fused-ring (bicyclic) bond motifs is 1. The minimum Gasteiger partial charge on any atom is -0.504 e. The molecule has 0 radical (unpaired) electrons.